The van der Waals surface area contributed by atoms with Crippen molar-refractivity contribution in [2.75, 3.05) is 6.61 Å². The zero-order valence-electron chi connectivity index (χ0n) is 5.55. The van der Waals surface area contributed by atoms with Crippen LogP contribution in [0, 0.1) is 0 Å². The van der Waals surface area contributed by atoms with Gasteiger partial charge in [-0.3, -0.25) is 0 Å². The van der Waals surface area contributed by atoms with E-state index in [4.69, 9.17) is 9.84 Å². The Bertz CT molecular complexity index is 126. The average molecular weight is 130 g/mol. The van der Waals surface area contributed by atoms with Gasteiger partial charge in [-0.2, -0.15) is 0 Å². The third kappa shape index (κ3) is 4.87. The Balaban J connectivity index is 3.39. The summed E-state index contributed by atoms with van der Waals surface area (Å²) < 4.78 is 4.71. The van der Waals surface area contributed by atoms with Crippen molar-refractivity contribution in [1.29, 1.82) is 0 Å². The molecule has 0 heterocycles. The average Bonchev–Trinajstić information content (AvgIpc) is 1.83. The lowest BCUT2D eigenvalue weighted by Gasteiger charge is -1.99. The van der Waals surface area contributed by atoms with Crippen LogP contribution in [0.5, 0.6) is 0 Å². The molecule has 1 N–H and O–H groups in total. The summed E-state index contributed by atoms with van der Waals surface area (Å²) in [5, 5.41) is 8.11. The van der Waals surface area contributed by atoms with Gasteiger partial charge in [0.05, 0.1) is 5.76 Å². The van der Waals surface area contributed by atoms with Gasteiger partial charge in [-0.25, -0.2) is 4.79 Å². The van der Waals surface area contributed by atoms with Crippen molar-refractivity contribution in [2.45, 2.75) is 13.8 Å². The largest absolute Gasteiger partial charge is 0.487 e. The van der Waals surface area contributed by atoms with Gasteiger partial charge in [0.25, 0.3) is 0 Å². The zero-order chi connectivity index (χ0) is 7.28. The molecule has 3 nitrogen and oxygen atoms in total. The number of hydrogen-bond acceptors (Lipinski definition) is 2. The number of aliphatic carboxylic acids is 1. The first-order chi connectivity index (χ1) is 4.16. The van der Waals surface area contributed by atoms with Crippen LogP contribution < -0.4 is 0 Å². The van der Waals surface area contributed by atoms with Gasteiger partial charge in [0.15, 0.2) is 6.61 Å². The van der Waals surface area contributed by atoms with Gasteiger partial charge in [0.2, 0.25) is 0 Å². The van der Waals surface area contributed by atoms with Crippen molar-refractivity contribution in [3.8, 4) is 0 Å². The van der Waals surface area contributed by atoms with Crippen LogP contribution in [0.15, 0.2) is 11.8 Å². The summed E-state index contributed by atoms with van der Waals surface area (Å²) in [6.45, 7) is 3.25. The molecule has 0 aromatic heterocycles. The van der Waals surface area contributed by atoms with E-state index in [0.717, 1.165) is 0 Å². The summed E-state index contributed by atoms with van der Waals surface area (Å²) in [6.07, 6.45) is 1.71. The molecule has 0 unspecified atom stereocenters. The van der Waals surface area contributed by atoms with E-state index in [1.807, 2.05) is 0 Å². The summed E-state index contributed by atoms with van der Waals surface area (Å²) >= 11 is 0. The number of allylic oxidation sites excluding steroid dienone is 2. The second kappa shape index (κ2) is 3.95. The van der Waals surface area contributed by atoms with Crippen LogP contribution in [-0.2, 0) is 9.53 Å². The lowest BCUT2D eigenvalue weighted by molar-refractivity contribution is -0.140. The molecule has 0 atom stereocenters. The van der Waals surface area contributed by atoms with Crippen LogP contribution in [-0.4, -0.2) is 17.7 Å². The maximum atomic E-state index is 9.87. The minimum atomic E-state index is -0.948. The molecule has 0 aliphatic rings. The summed E-state index contributed by atoms with van der Waals surface area (Å²) in [7, 11) is 0. The first kappa shape index (κ1) is 8.01. The van der Waals surface area contributed by atoms with E-state index in [-0.39, 0.29) is 6.61 Å². The van der Waals surface area contributed by atoms with Gasteiger partial charge in [0.1, 0.15) is 0 Å². The topological polar surface area (TPSA) is 46.5 Å². The zero-order valence-corrected chi connectivity index (χ0v) is 5.55. The quantitative estimate of drug-likeness (QED) is 0.580. The number of rotatable bonds is 3. The predicted octanol–water partition coefficient (Wildman–Crippen LogP) is 1.01. The molecule has 3 heteroatoms. The van der Waals surface area contributed by atoms with Crippen molar-refractivity contribution in [1.82, 2.24) is 0 Å². The van der Waals surface area contributed by atoms with Gasteiger partial charge >= 0.3 is 5.97 Å². The lowest BCUT2D eigenvalue weighted by Crippen LogP contribution is -2.05. The predicted molar refractivity (Wildman–Crippen MR) is 33.0 cm³/mol. The summed E-state index contributed by atoms with van der Waals surface area (Å²) in [4.78, 5) is 9.87. The van der Waals surface area contributed by atoms with E-state index in [9.17, 15) is 4.79 Å². The maximum Gasteiger partial charge on any atom is 0.341 e. The van der Waals surface area contributed by atoms with E-state index < -0.39 is 5.97 Å². The van der Waals surface area contributed by atoms with E-state index in [0.29, 0.717) is 5.76 Å². The molecule has 0 bridgehead atoms. The standard InChI is InChI=1S/C6H10O3/c1-3-5(2)9-4-6(7)8/h3H,4H2,1-2H3,(H,7,8). The van der Waals surface area contributed by atoms with Crippen LogP contribution in [0.2, 0.25) is 0 Å². The fourth-order valence-corrected chi connectivity index (χ4v) is 0.259. The summed E-state index contributed by atoms with van der Waals surface area (Å²) in [6, 6.07) is 0. The van der Waals surface area contributed by atoms with E-state index in [2.05, 4.69) is 0 Å². The van der Waals surface area contributed by atoms with Crippen molar-refractivity contribution >= 4 is 5.97 Å². The van der Waals surface area contributed by atoms with Crippen molar-refractivity contribution in [3.63, 3.8) is 0 Å². The molecule has 0 saturated carbocycles. The molecule has 0 fully saturated rings. The molecule has 0 rings (SSSR count). The third-order valence-corrected chi connectivity index (χ3v) is 0.830. The molecule has 0 aromatic carbocycles. The van der Waals surface area contributed by atoms with Crippen LogP contribution in [0.4, 0.5) is 0 Å². The molecule has 0 aromatic rings. The van der Waals surface area contributed by atoms with Gasteiger partial charge in [0, 0.05) is 0 Å². The molecule has 0 radical (unpaired) electrons. The minimum absolute atomic E-state index is 0.254. The third-order valence-electron chi connectivity index (χ3n) is 0.830. The smallest absolute Gasteiger partial charge is 0.341 e. The maximum absolute atomic E-state index is 9.87. The molecule has 0 spiro atoms. The summed E-state index contributed by atoms with van der Waals surface area (Å²) in [5.41, 5.74) is 0. The normalized spacial score (nSPS) is 11.1. The highest BCUT2D eigenvalue weighted by atomic mass is 16.5. The van der Waals surface area contributed by atoms with E-state index in [1.165, 1.54) is 0 Å². The van der Waals surface area contributed by atoms with Gasteiger partial charge in [-0.15, -0.1) is 0 Å². The Morgan fingerprint density at radius 1 is 1.78 bits per heavy atom. The van der Waals surface area contributed by atoms with Crippen LogP contribution in [0.1, 0.15) is 13.8 Å². The first-order valence-corrected chi connectivity index (χ1v) is 2.64. The first-order valence-electron chi connectivity index (χ1n) is 2.64. The Morgan fingerprint density at radius 3 is 2.67 bits per heavy atom. The van der Waals surface area contributed by atoms with Gasteiger partial charge in [-0.1, -0.05) is 0 Å². The number of carbonyl (C=O) groups is 1. The Morgan fingerprint density at radius 2 is 2.33 bits per heavy atom. The molecular formula is C6H10O3. The van der Waals surface area contributed by atoms with Gasteiger partial charge < -0.3 is 9.84 Å². The fraction of sp³-hybridized carbons (Fsp3) is 0.500. The molecule has 0 amide bonds. The number of hydrogen-bond donors (Lipinski definition) is 1. The second-order valence-corrected chi connectivity index (χ2v) is 1.58. The highest BCUT2D eigenvalue weighted by Crippen LogP contribution is 1.92. The Kier molecular flexibility index (Phi) is 3.51. The van der Waals surface area contributed by atoms with Crippen molar-refractivity contribution in [2.24, 2.45) is 0 Å². The monoisotopic (exact) mass is 130 g/mol. The molecular weight excluding hydrogens is 120 g/mol. The molecule has 0 aliphatic heterocycles. The highest BCUT2D eigenvalue weighted by Gasteiger charge is 1.94. The van der Waals surface area contributed by atoms with Crippen LogP contribution in [0.25, 0.3) is 0 Å². The molecule has 0 aliphatic carbocycles. The lowest BCUT2D eigenvalue weighted by atomic mass is 10.5. The SMILES string of the molecule is CC=C(C)OCC(=O)O. The Hall–Kier alpha value is -0.990. The fourth-order valence-electron chi connectivity index (χ4n) is 0.259. The number of carboxylic acid groups (broad SMARTS) is 1. The van der Waals surface area contributed by atoms with Crippen molar-refractivity contribution in [3.05, 3.63) is 11.8 Å². The minimum Gasteiger partial charge on any atom is -0.487 e. The van der Waals surface area contributed by atoms with E-state index in [1.54, 1.807) is 19.9 Å². The summed E-state index contributed by atoms with van der Waals surface area (Å²) in [5.74, 6) is -0.311. The number of carboxylic acids is 1. The Labute approximate surface area is 53.9 Å². The second-order valence-electron chi connectivity index (χ2n) is 1.58. The molecule has 9 heavy (non-hydrogen) atoms. The molecule has 52 valence electrons. The molecule has 0 saturated heterocycles. The van der Waals surface area contributed by atoms with Crippen LogP contribution in [0.3, 0.4) is 0 Å². The highest BCUT2D eigenvalue weighted by molar-refractivity contribution is 5.68. The number of ether oxygens (including phenoxy) is 1. The van der Waals surface area contributed by atoms with Crippen molar-refractivity contribution < 1.29 is 14.6 Å². The van der Waals surface area contributed by atoms with Gasteiger partial charge in [-0.05, 0) is 19.9 Å². The van der Waals surface area contributed by atoms with Crippen LogP contribution >= 0.6 is 0 Å². The van der Waals surface area contributed by atoms with E-state index >= 15 is 0 Å².